The highest BCUT2D eigenvalue weighted by molar-refractivity contribution is 4.98. The number of nitrogens with two attached hydrogens (primary N) is 1. The van der Waals surface area contributed by atoms with Crippen LogP contribution in [-0.4, -0.2) is 24.5 Å². The highest BCUT2D eigenvalue weighted by atomic mass is 16.7. The topological polar surface area (TPSA) is 44.5 Å². The third-order valence-electron chi connectivity index (χ3n) is 2.77. The van der Waals surface area contributed by atoms with Gasteiger partial charge in [-0.25, -0.2) is 0 Å². The van der Waals surface area contributed by atoms with E-state index in [-0.39, 0.29) is 18.0 Å². The van der Waals surface area contributed by atoms with Crippen molar-refractivity contribution in [2.24, 2.45) is 11.7 Å². The summed E-state index contributed by atoms with van der Waals surface area (Å²) in [7, 11) is 0. The maximum atomic E-state index is 5.67. The molecule has 11 heavy (non-hydrogen) atoms. The van der Waals surface area contributed by atoms with E-state index in [4.69, 9.17) is 15.2 Å². The lowest BCUT2D eigenvalue weighted by atomic mass is 9.89. The summed E-state index contributed by atoms with van der Waals surface area (Å²) in [6.45, 7) is 4.82. The Morgan fingerprint density at radius 2 is 2.36 bits per heavy atom. The van der Waals surface area contributed by atoms with Gasteiger partial charge in [-0.05, 0) is 13.3 Å². The van der Waals surface area contributed by atoms with Crippen LogP contribution in [-0.2, 0) is 9.47 Å². The van der Waals surface area contributed by atoms with Gasteiger partial charge in [0.05, 0.1) is 5.60 Å². The van der Waals surface area contributed by atoms with Crippen molar-refractivity contribution < 1.29 is 9.47 Å². The van der Waals surface area contributed by atoms with Crippen LogP contribution in [0.15, 0.2) is 0 Å². The maximum Gasteiger partial charge on any atom is 0.161 e. The minimum Gasteiger partial charge on any atom is -0.345 e. The van der Waals surface area contributed by atoms with Crippen LogP contribution in [0.2, 0.25) is 0 Å². The highest BCUT2D eigenvalue weighted by Crippen LogP contribution is 2.45. The third-order valence-corrected chi connectivity index (χ3v) is 2.77. The van der Waals surface area contributed by atoms with E-state index in [1.165, 1.54) is 0 Å². The highest BCUT2D eigenvalue weighted by Gasteiger charge is 2.54. The minimum atomic E-state index is -0.0984. The molecule has 0 aliphatic carbocycles. The first-order valence-corrected chi connectivity index (χ1v) is 4.19. The Hall–Kier alpha value is -0.120. The van der Waals surface area contributed by atoms with Gasteiger partial charge >= 0.3 is 0 Å². The molecule has 2 rings (SSSR count). The third kappa shape index (κ3) is 0.916. The van der Waals surface area contributed by atoms with E-state index in [1.54, 1.807) is 0 Å². The molecule has 4 atom stereocenters. The van der Waals surface area contributed by atoms with E-state index < -0.39 is 0 Å². The number of hydrogen-bond donors (Lipinski definition) is 1. The van der Waals surface area contributed by atoms with Crippen molar-refractivity contribution in [2.45, 2.75) is 38.3 Å². The molecular weight excluding hydrogens is 142 g/mol. The molecule has 3 heteroatoms. The molecule has 0 amide bonds. The lowest BCUT2D eigenvalue weighted by molar-refractivity contribution is -0.0728. The van der Waals surface area contributed by atoms with Crippen molar-refractivity contribution in [1.29, 1.82) is 0 Å². The van der Waals surface area contributed by atoms with Gasteiger partial charge in [-0.1, -0.05) is 6.92 Å². The van der Waals surface area contributed by atoms with E-state index in [9.17, 15) is 0 Å². The van der Waals surface area contributed by atoms with Gasteiger partial charge in [0.25, 0.3) is 0 Å². The molecule has 2 N–H and O–H groups in total. The van der Waals surface area contributed by atoms with Gasteiger partial charge in [0.15, 0.2) is 6.29 Å². The molecule has 2 aliphatic heterocycles. The summed E-state index contributed by atoms with van der Waals surface area (Å²) < 4.78 is 11.3. The predicted molar refractivity (Wildman–Crippen MR) is 41.0 cm³/mol. The van der Waals surface area contributed by atoms with Crippen LogP contribution in [0.3, 0.4) is 0 Å². The van der Waals surface area contributed by atoms with Crippen molar-refractivity contribution in [1.82, 2.24) is 0 Å². The first kappa shape index (κ1) is 7.53. The van der Waals surface area contributed by atoms with Gasteiger partial charge in [0.1, 0.15) is 6.10 Å². The molecule has 0 saturated carbocycles. The molecule has 2 bridgehead atoms. The monoisotopic (exact) mass is 157 g/mol. The van der Waals surface area contributed by atoms with E-state index in [0.29, 0.717) is 12.5 Å². The van der Waals surface area contributed by atoms with E-state index in [0.717, 1.165) is 6.42 Å². The molecule has 2 heterocycles. The molecule has 0 radical (unpaired) electrons. The number of rotatable bonds is 1. The fourth-order valence-corrected chi connectivity index (χ4v) is 2.15. The molecule has 2 fully saturated rings. The van der Waals surface area contributed by atoms with Crippen LogP contribution in [0.25, 0.3) is 0 Å². The van der Waals surface area contributed by atoms with Gasteiger partial charge in [-0.15, -0.1) is 0 Å². The average Bonchev–Trinajstić information content (AvgIpc) is 2.38. The fourth-order valence-electron chi connectivity index (χ4n) is 2.15. The van der Waals surface area contributed by atoms with Crippen LogP contribution < -0.4 is 5.73 Å². The smallest absolute Gasteiger partial charge is 0.161 e. The molecule has 0 aromatic carbocycles. The largest absolute Gasteiger partial charge is 0.345 e. The van der Waals surface area contributed by atoms with Crippen molar-refractivity contribution in [3.63, 3.8) is 0 Å². The lowest BCUT2D eigenvalue weighted by Gasteiger charge is -2.28. The Labute approximate surface area is 66.8 Å². The van der Waals surface area contributed by atoms with Crippen molar-refractivity contribution in [3.05, 3.63) is 0 Å². The Morgan fingerprint density at radius 1 is 1.64 bits per heavy atom. The van der Waals surface area contributed by atoms with Crippen molar-refractivity contribution >= 4 is 0 Å². The molecule has 2 saturated heterocycles. The molecule has 64 valence electrons. The van der Waals surface area contributed by atoms with E-state index in [1.807, 2.05) is 0 Å². The van der Waals surface area contributed by atoms with Crippen LogP contribution >= 0.6 is 0 Å². The summed E-state index contributed by atoms with van der Waals surface area (Å²) in [6, 6.07) is 0. The first-order chi connectivity index (χ1) is 5.15. The van der Waals surface area contributed by atoms with Crippen molar-refractivity contribution in [3.8, 4) is 0 Å². The Morgan fingerprint density at radius 3 is 2.73 bits per heavy atom. The number of hydrogen-bond acceptors (Lipinski definition) is 3. The zero-order chi connectivity index (χ0) is 8.06. The Kier molecular flexibility index (Phi) is 1.50. The van der Waals surface area contributed by atoms with Gasteiger partial charge in [-0.3, -0.25) is 0 Å². The van der Waals surface area contributed by atoms with Gasteiger partial charge < -0.3 is 15.2 Å². The molecule has 2 unspecified atom stereocenters. The summed E-state index contributed by atoms with van der Waals surface area (Å²) in [5.41, 5.74) is 5.45. The molecule has 2 aliphatic rings. The standard InChI is InChI=1S/C8H15NO2/c1-5-3-8(2)6(4-9)10-7(5)11-8/h5-7H,3-4,9H2,1-2H3/t5?,6-,7?,8+/m1/s1. The normalized spacial score (nSPS) is 55.4. The summed E-state index contributed by atoms with van der Waals surface area (Å²) in [5.74, 6) is 0.530. The maximum absolute atomic E-state index is 5.67. The molecule has 3 nitrogen and oxygen atoms in total. The van der Waals surface area contributed by atoms with Gasteiger partial charge in [-0.2, -0.15) is 0 Å². The zero-order valence-electron chi connectivity index (χ0n) is 7.04. The summed E-state index contributed by atoms with van der Waals surface area (Å²) in [4.78, 5) is 0. The SMILES string of the molecule is CC1C[C@]2(C)OC1O[C@@H]2CN. The van der Waals surface area contributed by atoms with Crippen LogP contribution in [0.5, 0.6) is 0 Å². The lowest BCUT2D eigenvalue weighted by Crippen LogP contribution is -2.43. The first-order valence-electron chi connectivity index (χ1n) is 4.19. The fraction of sp³-hybridized carbons (Fsp3) is 1.00. The second kappa shape index (κ2) is 2.19. The molecular formula is C8H15NO2. The second-order valence-electron chi connectivity index (χ2n) is 3.84. The second-order valence-corrected chi connectivity index (χ2v) is 3.84. The zero-order valence-corrected chi connectivity index (χ0v) is 7.04. The van der Waals surface area contributed by atoms with Gasteiger partial charge in [0.2, 0.25) is 0 Å². The molecule has 0 aromatic heterocycles. The average molecular weight is 157 g/mol. The summed E-state index contributed by atoms with van der Waals surface area (Å²) in [5, 5.41) is 0. The number of fused-ring (bicyclic) bond motifs is 2. The van der Waals surface area contributed by atoms with Crippen LogP contribution in [0.1, 0.15) is 20.3 Å². The van der Waals surface area contributed by atoms with E-state index >= 15 is 0 Å². The van der Waals surface area contributed by atoms with Crippen LogP contribution in [0, 0.1) is 5.92 Å². The molecule has 0 spiro atoms. The number of ether oxygens (including phenoxy) is 2. The Bertz CT molecular complexity index is 169. The molecule has 0 aromatic rings. The van der Waals surface area contributed by atoms with E-state index in [2.05, 4.69) is 13.8 Å². The summed E-state index contributed by atoms with van der Waals surface area (Å²) in [6.07, 6.45) is 1.21. The minimum absolute atomic E-state index is 0.00792. The predicted octanol–water partition coefficient (Wildman–Crippen LogP) is 0.485. The van der Waals surface area contributed by atoms with Crippen molar-refractivity contribution in [2.75, 3.05) is 6.54 Å². The summed E-state index contributed by atoms with van der Waals surface area (Å²) >= 11 is 0. The quantitative estimate of drug-likeness (QED) is 0.602. The Balaban J connectivity index is 2.15. The van der Waals surface area contributed by atoms with Gasteiger partial charge in [0, 0.05) is 12.5 Å². The van der Waals surface area contributed by atoms with Crippen LogP contribution in [0.4, 0.5) is 0 Å².